The lowest BCUT2D eigenvalue weighted by Crippen LogP contribution is -2.29. The molecule has 3 aromatic carbocycles. The molecule has 0 N–H and O–H groups in total. The lowest BCUT2D eigenvalue weighted by molar-refractivity contribution is 0.324. The van der Waals surface area contributed by atoms with Gasteiger partial charge in [-0.1, -0.05) is 18.2 Å². The Bertz CT molecular complexity index is 1210. The molecule has 0 bridgehead atoms. The molecule has 1 heterocycles. The summed E-state index contributed by atoms with van der Waals surface area (Å²) in [7, 11) is 2.43. The van der Waals surface area contributed by atoms with Crippen molar-refractivity contribution in [1.82, 2.24) is 0 Å². The van der Waals surface area contributed by atoms with Crippen LogP contribution in [-0.4, -0.2) is 43.4 Å². The number of hydrogen-bond acceptors (Lipinski definition) is 6. The van der Waals surface area contributed by atoms with E-state index in [0.717, 1.165) is 16.7 Å². The minimum atomic E-state index is -3.76. The van der Waals surface area contributed by atoms with Crippen molar-refractivity contribution in [3.05, 3.63) is 60.2 Å². The van der Waals surface area contributed by atoms with Gasteiger partial charge in [0.1, 0.15) is 5.75 Å². The minimum Gasteiger partial charge on any atom is -0.497 e. The number of rotatable bonds is 7. The molecule has 0 atom stereocenters. The minimum absolute atomic E-state index is 0.214. The van der Waals surface area contributed by atoms with E-state index in [9.17, 15) is 8.42 Å². The van der Waals surface area contributed by atoms with Crippen molar-refractivity contribution in [2.45, 2.75) is 11.3 Å². The molecule has 7 nitrogen and oxygen atoms in total. The summed E-state index contributed by atoms with van der Waals surface area (Å²) < 4.78 is 50.1. The molecule has 8 heteroatoms. The first kappa shape index (κ1) is 21.8. The van der Waals surface area contributed by atoms with E-state index in [4.69, 9.17) is 18.9 Å². The van der Waals surface area contributed by atoms with Crippen LogP contribution < -0.4 is 23.3 Å². The van der Waals surface area contributed by atoms with Crippen LogP contribution in [0.15, 0.2) is 59.5 Å². The highest BCUT2D eigenvalue weighted by molar-refractivity contribution is 7.92. The van der Waals surface area contributed by atoms with Crippen LogP contribution in [0.5, 0.6) is 23.0 Å². The zero-order chi connectivity index (χ0) is 22.9. The highest BCUT2D eigenvalue weighted by atomic mass is 32.2. The van der Waals surface area contributed by atoms with Gasteiger partial charge in [-0.05, 0) is 53.9 Å². The standard InChI is InChI=1S/C24H25NO6S/c1-28-18-8-10-19(11-9-18)32(26,27)25-13-12-16-6-5-7-20(23(16)25)17-14-21(29-2)24(31-4)22(15-17)30-3/h5-11,14-15H,12-13H2,1-4H3. The quantitative estimate of drug-likeness (QED) is 0.533. The second kappa shape index (κ2) is 8.63. The molecule has 0 spiro atoms. The van der Waals surface area contributed by atoms with Crippen molar-refractivity contribution >= 4 is 15.7 Å². The first-order valence-electron chi connectivity index (χ1n) is 10.0. The molecule has 0 amide bonds. The van der Waals surface area contributed by atoms with Gasteiger partial charge in [0.05, 0.1) is 39.0 Å². The number of anilines is 1. The average molecular weight is 456 g/mol. The van der Waals surface area contributed by atoms with Crippen LogP contribution in [0.1, 0.15) is 5.56 Å². The van der Waals surface area contributed by atoms with E-state index >= 15 is 0 Å². The Morgan fingerprint density at radius 3 is 2.03 bits per heavy atom. The summed E-state index contributed by atoms with van der Waals surface area (Å²) in [5.41, 5.74) is 3.18. The maximum atomic E-state index is 13.5. The van der Waals surface area contributed by atoms with Crippen LogP contribution in [0, 0.1) is 0 Å². The third-order valence-corrected chi connectivity index (χ3v) is 7.39. The third-order valence-electron chi connectivity index (χ3n) is 5.58. The molecule has 32 heavy (non-hydrogen) atoms. The van der Waals surface area contributed by atoms with Gasteiger partial charge in [0, 0.05) is 12.1 Å². The predicted molar refractivity (Wildman–Crippen MR) is 123 cm³/mol. The summed E-state index contributed by atoms with van der Waals surface area (Å²) in [4.78, 5) is 0.214. The summed E-state index contributed by atoms with van der Waals surface area (Å²) >= 11 is 0. The van der Waals surface area contributed by atoms with Crippen LogP contribution in [0.4, 0.5) is 5.69 Å². The molecule has 0 saturated carbocycles. The van der Waals surface area contributed by atoms with Crippen molar-refractivity contribution in [2.24, 2.45) is 0 Å². The molecule has 0 aromatic heterocycles. The Morgan fingerprint density at radius 1 is 0.812 bits per heavy atom. The van der Waals surface area contributed by atoms with Crippen LogP contribution in [0.2, 0.25) is 0 Å². The molecule has 0 aliphatic carbocycles. The van der Waals surface area contributed by atoms with Crippen LogP contribution in [-0.2, 0) is 16.4 Å². The number of methoxy groups -OCH3 is 4. The fraction of sp³-hybridized carbons (Fsp3) is 0.250. The van der Waals surface area contributed by atoms with Crippen LogP contribution in [0.25, 0.3) is 11.1 Å². The largest absolute Gasteiger partial charge is 0.497 e. The van der Waals surface area contributed by atoms with Crippen molar-refractivity contribution in [3.8, 4) is 34.1 Å². The molecule has 0 saturated heterocycles. The monoisotopic (exact) mass is 455 g/mol. The maximum Gasteiger partial charge on any atom is 0.264 e. The molecule has 0 radical (unpaired) electrons. The fourth-order valence-corrected chi connectivity index (χ4v) is 5.53. The first-order valence-corrected chi connectivity index (χ1v) is 11.5. The number of hydrogen-bond donors (Lipinski definition) is 0. The molecule has 1 aliphatic rings. The van der Waals surface area contributed by atoms with Crippen LogP contribution >= 0.6 is 0 Å². The summed E-state index contributed by atoms with van der Waals surface area (Å²) in [5, 5.41) is 0. The van der Waals surface area contributed by atoms with Crippen molar-refractivity contribution in [3.63, 3.8) is 0 Å². The number of ether oxygens (including phenoxy) is 4. The number of fused-ring (bicyclic) bond motifs is 1. The molecular weight excluding hydrogens is 430 g/mol. The van der Waals surface area contributed by atoms with Gasteiger partial charge in [0.2, 0.25) is 5.75 Å². The molecule has 1 aliphatic heterocycles. The Balaban J connectivity index is 1.86. The van der Waals surface area contributed by atoms with E-state index in [-0.39, 0.29) is 4.90 Å². The van der Waals surface area contributed by atoms with Crippen molar-refractivity contribution in [1.29, 1.82) is 0 Å². The van der Waals surface area contributed by atoms with Crippen molar-refractivity contribution < 1.29 is 27.4 Å². The Morgan fingerprint density at radius 2 is 1.47 bits per heavy atom. The van der Waals surface area contributed by atoms with Gasteiger partial charge in [0.25, 0.3) is 10.0 Å². The summed E-state index contributed by atoms with van der Waals surface area (Å²) in [6, 6.07) is 15.9. The number of nitrogens with zero attached hydrogens (tertiary/aromatic N) is 1. The summed E-state index contributed by atoms with van der Waals surface area (Å²) in [6.07, 6.45) is 0.628. The van der Waals surface area contributed by atoms with E-state index in [1.807, 2.05) is 30.3 Å². The molecular formula is C24H25NO6S. The lowest BCUT2D eigenvalue weighted by atomic mass is 9.99. The van der Waals surface area contributed by atoms with Gasteiger partial charge in [-0.3, -0.25) is 4.31 Å². The van der Waals surface area contributed by atoms with Crippen LogP contribution in [0.3, 0.4) is 0 Å². The average Bonchev–Trinajstić information content (AvgIpc) is 3.28. The second-order valence-electron chi connectivity index (χ2n) is 7.23. The van der Waals surface area contributed by atoms with Crippen molar-refractivity contribution in [2.75, 3.05) is 39.3 Å². The SMILES string of the molecule is COc1ccc(S(=O)(=O)N2CCc3cccc(-c4cc(OC)c(OC)c(OC)c4)c32)cc1. The number of para-hydroxylation sites is 1. The Kier molecular flexibility index (Phi) is 5.88. The summed E-state index contributed by atoms with van der Waals surface area (Å²) in [6.45, 7) is 0.366. The van der Waals surface area contributed by atoms with E-state index in [2.05, 4.69) is 0 Å². The Hall–Kier alpha value is -3.39. The van der Waals surface area contributed by atoms with Gasteiger partial charge in [0.15, 0.2) is 11.5 Å². The normalized spacial score (nSPS) is 12.9. The molecule has 0 fully saturated rings. The molecule has 3 aromatic rings. The van der Waals surface area contributed by atoms with Gasteiger partial charge in [-0.15, -0.1) is 0 Å². The zero-order valence-corrected chi connectivity index (χ0v) is 19.2. The maximum absolute atomic E-state index is 13.5. The first-order chi connectivity index (χ1) is 15.4. The van der Waals surface area contributed by atoms with Gasteiger partial charge >= 0.3 is 0 Å². The van der Waals surface area contributed by atoms with E-state index in [1.54, 1.807) is 52.7 Å². The van der Waals surface area contributed by atoms with E-state index in [0.29, 0.717) is 41.7 Å². The zero-order valence-electron chi connectivity index (χ0n) is 18.4. The van der Waals surface area contributed by atoms with E-state index in [1.165, 1.54) is 4.31 Å². The third kappa shape index (κ3) is 3.60. The van der Waals surface area contributed by atoms with Gasteiger partial charge in [-0.2, -0.15) is 0 Å². The highest BCUT2D eigenvalue weighted by Crippen LogP contribution is 2.46. The summed E-state index contributed by atoms with van der Waals surface area (Å²) in [5.74, 6) is 2.09. The lowest BCUT2D eigenvalue weighted by Gasteiger charge is -2.23. The topological polar surface area (TPSA) is 74.3 Å². The number of benzene rings is 3. The second-order valence-corrected chi connectivity index (χ2v) is 9.09. The van der Waals surface area contributed by atoms with E-state index < -0.39 is 10.0 Å². The van der Waals surface area contributed by atoms with Gasteiger partial charge < -0.3 is 18.9 Å². The highest BCUT2D eigenvalue weighted by Gasteiger charge is 2.33. The predicted octanol–water partition coefficient (Wildman–Crippen LogP) is 4.14. The van der Waals surface area contributed by atoms with Gasteiger partial charge in [-0.25, -0.2) is 8.42 Å². The Labute approximate surface area is 188 Å². The molecule has 4 rings (SSSR count). The number of sulfonamides is 1. The fourth-order valence-electron chi connectivity index (χ4n) is 4.01. The molecule has 0 unspecified atom stereocenters. The smallest absolute Gasteiger partial charge is 0.264 e. The molecule has 168 valence electrons.